The first-order valence-corrected chi connectivity index (χ1v) is 5.55. The van der Waals surface area contributed by atoms with Gasteiger partial charge in [-0.15, -0.1) is 0 Å². The summed E-state index contributed by atoms with van der Waals surface area (Å²) in [5, 5.41) is 9.00. The molecule has 100 valence electrons. The minimum absolute atomic E-state index is 0.206. The molecule has 0 aliphatic rings. The predicted octanol–water partition coefficient (Wildman–Crippen LogP) is 2.29. The van der Waals surface area contributed by atoms with Crippen LogP contribution >= 0.6 is 0 Å². The molecule has 1 aromatic rings. The highest BCUT2D eigenvalue weighted by Crippen LogP contribution is 2.38. The number of nitrogens with two attached hydrogens (primary N) is 1. The van der Waals surface area contributed by atoms with Gasteiger partial charge in [-0.05, 0) is 26.3 Å². The molecule has 0 bridgehead atoms. The average Bonchev–Trinajstić information content (AvgIpc) is 2.25. The van der Waals surface area contributed by atoms with Crippen LogP contribution in [0.3, 0.4) is 0 Å². The molecule has 1 aromatic carbocycles. The number of carbonyl (C=O) groups is 1. The third kappa shape index (κ3) is 2.61. The molecule has 1 unspecified atom stereocenters. The molecule has 1 atom stereocenters. The zero-order chi connectivity index (χ0) is 14.1. The quantitative estimate of drug-likeness (QED) is 0.865. The van der Waals surface area contributed by atoms with Gasteiger partial charge >= 0.3 is 5.97 Å². The van der Waals surface area contributed by atoms with Gasteiger partial charge in [0.2, 0.25) is 0 Å². The van der Waals surface area contributed by atoms with Gasteiger partial charge in [0.15, 0.2) is 0 Å². The van der Waals surface area contributed by atoms with Gasteiger partial charge in [-0.25, -0.2) is 4.39 Å². The van der Waals surface area contributed by atoms with Crippen LogP contribution in [0.2, 0.25) is 0 Å². The van der Waals surface area contributed by atoms with E-state index in [1.54, 1.807) is 19.1 Å². The third-order valence-corrected chi connectivity index (χ3v) is 2.84. The van der Waals surface area contributed by atoms with Crippen LogP contribution in [0.1, 0.15) is 36.6 Å². The number of benzene rings is 1. The summed E-state index contributed by atoms with van der Waals surface area (Å²) >= 11 is 0. The number of hydrogen-bond donors (Lipinski definition) is 2. The maximum absolute atomic E-state index is 14.1. The highest BCUT2D eigenvalue weighted by atomic mass is 19.1. The summed E-state index contributed by atoms with van der Waals surface area (Å²) in [6.45, 7) is 4.49. The van der Waals surface area contributed by atoms with Crippen molar-refractivity contribution in [1.82, 2.24) is 0 Å². The molecule has 0 heterocycles. The van der Waals surface area contributed by atoms with Crippen molar-refractivity contribution in [3.63, 3.8) is 0 Å². The number of alkyl halides is 1. The fourth-order valence-electron chi connectivity index (χ4n) is 1.90. The fourth-order valence-corrected chi connectivity index (χ4v) is 1.90. The van der Waals surface area contributed by atoms with E-state index in [4.69, 9.17) is 15.6 Å². The van der Waals surface area contributed by atoms with Gasteiger partial charge in [-0.1, -0.05) is 12.1 Å². The Morgan fingerprint density at radius 3 is 2.44 bits per heavy atom. The second kappa shape index (κ2) is 4.94. The lowest BCUT2D eigenvalue weighted by molar-refractivity contribution is -0.138. The number of ether oxygens (including phenoxy) is 1. The monoisotopic (exact) mass is 255 g/mol. The molecule has 0 radical (unpaired) electrons. The first-order chi connectivity index (χ1) is 8.20. The fraction of sp³-hybridized carbons (Fsp3) is 0.462. The second-order valence-electron chi connectivity index (χ2n) is 4.67. The Hall–Kier alpha value is -1.62. The molecular weight excluding hydrogens is 237 g/mol. The highest BCUT2D eigenvalue weighted by Gasteiger charge is 2.29. The minimum atomic E-state index is -1.63. The average molecular weight is 255 g/mol. The SMILES string of the molecule is COc1c(C(C)(C)F)ccc(C)c1C(N)C(=O)O. The van der Waals surface area contributed by atoms with Crippen LogP contribution in [0.25, 0.3) is 0 Å². The molecule has 0 spiro atoms. The van der Waals surface area contributed by atoms with Crippen LogP contribution in [-0.2, 0) is 10.5 Å². The lowest BCUT2D eigenvalue weighted by Crippen LogP contribution is -2.24. The number of carboxylic acids is 1. The Bertz CT molecular complexity index is 466. The summed E-state index contributed by atoms with van der Waals surface area (Å²) in [7, 11) is 1.38. The van der Waals surface area contributed by atoms with Gasteiger partial charge in [0, 0.05) is 11.1 Å². The summed E-state index contributed by atoms with van der Waals surface area (Å²) in [6.07, 6.45) is 0. The van der Waals surface area contributed by atoms with Crippen molar-refractivity contribution in [3.05, 3.63) is 28.8 Å². The molecule has 3 N–H and O–H groups in total. The van der Waals surface area contributed by atoms with Gasteiger partial charge in [-0.3, -0.25) is 4.79 Å². The highest BCUT2D eigenvalue weighted by molar-refractivity contribution is 5.77. The molecule has 18 heavy (non-hydrogen) atoms. The van der Waals surface area contributed by atoms with Crippen molar-refractivity contribution in [1.29, 1.82) is 0 Å². The molecule has 0 saturated carbocycles. The van der Waals surface area contributed by atoms with Crippen LogP contribution < -0.4 is 10.5 Å². The van der Waals surface area contributed by atoms with E-state index in [0.29, 0.717) is 16.7 Å². The maximum Gasteiger partial charge on any atom is 0.325 e. The first-order valence-electron chi connectivity index (χ1n) is 5.55. The summed E-state index contributed by atoms with van der Waals surface area (Å²) in [5.41, 5.74) is 5.26. The van der Waals surface area contributed by atoms with Gasteiger partial charge in [0.25, 0.3) is 0 Å². The van der Waals surface area contributed by atoms with E-state index in [-0.39, 0.29) is 5.75 Å². The zero-order valence-electron chi connectivity index (χ0n) is 11.0. The van der Waals surface area contributed by atoms with Crippen LogP contribution in [0.5, 0.6) is 5.75 Å². The first kappa shape index (κ1) is 14.4. The molecule has 1 rings (SSSR count). The van der Waals surface area contributed by atoms with Gasteiger partial charge < -0.3 is 15.6 Å². The van der Waals surface area contributed by atoms with Gasteiger partial charge in [0.05, 0.1) is 7.11 Å². The summed E-state index contributed by atoms with van der Waals surface area (Å²) in [4.78, 5) is 11.0. The minimum Gasteiger partial charge on any atom is -0.496 e. The molecule has 0 aliphatic heterocycles. The number of rotatable bonds is 4. The maximum atomic E-state index is 14.1. The van der Waals surface area contributed by atoms with E-state index >= 15 is 0 Å². The standard InChI is InChI=1S/C13H18FNO3/c1-7-5-6-8(13(2,3)14)11(18-4)9(7)10(15)12(16)17/h5-6,10H,15H2,1-4H3,(H,16,17). The third-order valence-electron chi connectivity index (χ3n) is 2.84. The Balaban J connectivity index is 3.54. The summed E-state index contributed by atoms with van der Waals surface area (Å²) < 4.78 is 19.2. The molecular formula is C13H18FNO3. The number of aryl methyl sites for hydroxylation is 1. The molecule has 0 aliphatic carbocycles. The molecule has 5 heteroatoms. The largest absolute Gasteiger partial charge is 0.496 e. The second-order valence-corrected chi connectivity index (χ2v) is 4.67. The van der Waals surface area contributed by atoms with E-state index in [0.717, 1.165) is 0 Å². The topological polar surface area (TPSA) is 72.5 Å². The van der Waals surface area contributed by atoms with Crippen LogP contribution in [0.4, 0.5) is 4.39 Å². The number of halogens is 1. The molecule has 0 aromatic heterocycles. The van der Waals surface area contributed by atoms with E-state index in [9.17, 15) is 9.18 Å². The number of aliphatic carboxylic acids is 1. The van der Waals surface area contributed by atoms with Crippen LogP contribution in [-0.4, -0.2) is 18.2 Å². The number of carboxylic acid groups (broad SMARTS) is 1. The van der Waals surface area contributed by atoms with Crippen molar-refractivity contribution >= 4 is 5.97 Å². The van der Waals surface area contributed by atoms with Crippen molar-refractivity contribution in [2.24, 2.45) is 5.73 Å². The number of hydrogen-bond acceptors (Lipinski definition) is 3. The summed E-state index contributed by atoms with van der Waals surface area (Å²) in [5.74, 6) is -0.970. The smallest absolute Gasteiger partial charge is 0.325 e. The normalized spacial score (nSPS) is 13.2. The Morgan fingerprint density at radius 2 is 2.06 bits per heavy atom. The van der Waals surface area contributed by atoms with Crippen molar-refractivity contribution in [2.75, 3.05) is 7.11 Å². The van der Waals surface area contributed by atoms with E-state index in [1.165, 1.54) is 21.0 Å². The molecule has 0 saturated heterocycles. The Labute approximate surface area is 106 Å². The zero-order valence-corrected chi connectivity index (χ0v) is 11.0. The lowest BCUT2D eigenvalue weighted by atomic mass is 9.91. The van der Waals surface area contributed by atoms with Gasteiger partial charge in [-0.2, -0.15) is 0 Å². The van der Waals surface area contributed by atoms with E-state index in [1.807, 2.05) is 0 Å². The van der Waals surface area contributed by atoms with Crippen LogP contribution in [0.15, 0.2) is 12.1 Å². The molecule has 0 fully saturated rings. The van der Waals surface area contributed by atoms with Crippen molar-refractivity contribution in [3.8, 4) is 5.75 Å². The Morgan fingerprint density at radius 1 is 1.50 bits per heavy atom. The number of methoxy groups -OCH3 is 1. The van der Waals surface area contributed by atoms with E-state index < -0.39 is 17.7 Å². The lowest BCUT2D eigenvalue weighted by Gasteiger charge is -2.23. The Kier molecular flexibility index (Phi) is 3.96. The summed E-state index contributed by atoms with van der Waals surface area (Å²) in [6, 6.07) is 2.01. The molecule has 4 nitrogen and oxygen atoms in total. The molecule has 0 amide bonds. The van der Waals surface area contributed by atoms with Crippen molar-refractivity contribution in [2.45, 2.75) is 32.5 Å². The van der Waals surface area contributed by atoms with Crippen LogP contribution in [0, 0.1) is 6.92 Å². The van der Waals surface area contributed by atoms with Gasteiger partial charge in [0.1, 0.15) is 17.5 Å². The predicted molar refractivity (Wildman–Crippen MR) is 66.4 cm³/mol. The van der Waals surface area contributed by atoms with E-state index in [2.05, 4.69) is 0 Å². The van der Waals surface area contributed by atoms with Crippen molar-refractivity contribution < 1.29 is 19.0 Å².